The third-order valence-corrected chi connectivity index (χ3v) is 5.94. The molecule has 0 bridgehead atoms. The van der Waals surface area contributed by atoms with E-state index in [4.69, 9.17) is 0 Å². The molecule has 1 fully saturated rings. The Kier molecular flexibility index (Phi) is 4.77. The smallest absolute Gasteiger partial charge is 0.329 e. The molecule has 0 aliphatic carbocycles. The standard InChI is InChI=1S/C22H19F3N4O2/c23-22(24,25)21-27-19(28-31-21)14-6-7-17-15(10-14)12-29(20(17)30)18-11-26-9-8-16(18)13-4-2-1-3-5-13/h1-7,10,16,18,26H,8-9,11-12H2/t16-,18+/m0/s1. The molecule has 1 saturated heterocycles. The SMILES string of the molecule is O=C1c2ccc(-c3noc(C(F)(F)F)n3)cc2CN1[C@@H]1CNCC[C@H]1c1ccccc1. The van der Waals surface area contributed by atoms with Gasteiger partial charge in [-0.3, -0.25) is 4.79 Å². The van der Waals surface area contributed by atoms with Gasteiger partial charge < -0.3 is 14.7 Å². The summed E-state index contributed by atoms with van der Waals surface area (Å²) in [5.74, 6) is -1.39. The van der Waals surface area contributed by atoms with Crippen LogP contribution in [0.3, 0.4) is 0 Å². The first-order chi connectivity index (χ1) is 14.9. The summed E-state index contributed by atoms with van der Waals surface area (Å²) in [7, 11) is 0. The summed E-state index contributed by atoms with van der Waals surface area (Å²) in [5, 5.41) is 6.82. The molecule has 9 heteroatoms. The van der Waals surface area contributed by atoms with E-state index in [1.807, 2.05) is 23.1 Å². The van der Waals surface area contributed by atoms with Crippen molar-refractivity contribution < 1.29 is 22.5 Å². The van der Waals surface area contributed by atoms with E-state index in [2.05, 4.69) is 32.1 Å². The molecule has 31 heavy (non-hydrogen) atoms. The average molecular weight is 428 g/mol. The molecule has 6 nitrogen and oxygen atoms in total. The highest BCUT2D eigenvalue weighted by molar-refractivity contribution is 5.99. The predicted octanol–water partition coefficient (Wildman–Crippen LogP) is 3.86. The van der Waals surface area contributed by atoms with Crippen molar-refractivity contribution in [2.24, 2.45) is 0 Å². The summed E-state index contributed by atoms with van der Waals surface area (Å²) in [5.41, 5.74) is 2.89. The molecule has 0 spiro atoms. The summed E-state index contributed by atoms with van der Waals surface area (Å²) in [6.45, 7) is 1.96. The number of hydrogen-bond donors (Lipinski definition) is 1. The quantitative estimate of drug-likeness (QED) is 0.686. The van der Waals surface area contributed by atoms with E-state index in [0.29, 0.717) is 24.2 Å². The van der Waals surface area contributed by atoms with Crippen molar-refractivity contribution in [1.29, 1.82) is 0 Å². The van der Waals surface area contributed by atoms with Crippen molar-refractivity contribution in [3.05, 3.63) is 71.1 Å². The van der Waals surface area contributed by atoms with Gasteiger partial charge in [0.15, 0.2) is 0 Å². The van der Waals surface area contributed by atoms with Crippen LogP contribution in [0.15, 0.2) is 53.1 Å². The zero-order valence-electron chi connectivity index (χ0n) is 16.4. The van der Waals surface area contributed by atoms with Crippen LogP contribution in [0.5, 0.6) is 0 Å². The maximum absolute atomic E-state index is 13.2. The van der Waals surface area contributed by atoms with Gasteiger partial charge in [-0.25, -0.2) is 0 Å². The Balaban J connectivity index is 1.42. The van der Waals surface area contributed by atoms with Crippen molar-refractivity contribution in [1.82, 2.24) is 20.4 Å². The van der Waals surface area contributed by atoms with E-state index in [-0.39, 0.29) is 23.7 Å². The van der Waals surface area contributed by atoms with Crippen LogP contribution < -0.4 is 5.32 Å². The maximum Gasteiger partial charge on any atom is 0.471 e. The van der Waals surface area contributed by atoms with Crippen molar-refractivity contribution in [2.45, 2.75) is 31.1 Å². The highest BCUT2D eigenvalue weighted by atomic mass is 19.4. The van der Waals surface area contributed by atoms with Crippen LogP contribution in [0, 0.1) is 0 Å². The molecule has 3 heterocycles. The molecule has 0 saturated carbocycles. The monoisotopic (exact) mass is 428 g/mol. The van der Waals surface area contributed by atoms with Gasteiger partial charge in [-0.2, -0.15) is 18.2 Å². The number of nitrogens with one attached hydrogen (secondary N) is 1. The first-order valence-electron chi connectivity index (χ1n) is 10.0. The normalized spacial score (nSPS) is 21.4. The highest BCUT2D eigenvalue weighted by Crippen LogP contribution is 2.36. The second-order valence-corrected chi connectivity index (χ2v) is 7.80. The molecule has 160 valence electrons. The number of fused-ring (bicyclic) bond motifs is 1. The van der Waals surface area contributed by atoms with Crippen LogP contribution in [0.1, 0.15) is 39.7 Å². The van der Waals surface area contributed by atoms with E-state index in [0.717, 1.165) is 18.5 Å². The third kappa shape index (κ3) is 3.59. The number of carbonyl (C=O) groups is 1. The molecule has 0 radical (unpaired) electrons. The number of carbonyl (C=O) groups excluding carboxylic acids is 1. The summed E-state index contributed by atoms with van der Waals surface area (Å²) >= 11 is 0. The van der Waals surface area contributed by atoms with Crippen LogP contribution in [0.25, 0.3) is 11.4 Å². The van der Waals surface area contributed by atoms with Gasteiger partial charge in [-0.15, -0.1) is 0 Å². The lowest BCUT2D eigenvalue weighted by Crippen LogP contribution is -2.50. The van der Waals surface area contributed by atoms with Crippen molar-refractivity contribution >= 4 is 5.91 Å². The number of benzene rings is 2. The zero-order chi connectivity index (χ0) is 21.6. The number of rotatable bonds is 3. The fourth-order valence-corrected chi connectivity index (χ4v) is 4.46. The van der Waals surface area contributed by atoms with Crippen molar-refractivity contribution in [2.75, 3.05) is 13.1 Å². The van der Waals surface area contributed by atoms with E-state index >= 15 is 0 Å². The Bertz CT molecular complexity index is 1110. The molecule has 2 aromatic carbocycles. The Morgan fingerprint density at radius 2 is 1.94 bits per heavy atom. The summed E-state index contributed by atoms with van der Waals surface area (Å²) in [6.07, 6.45) is -3.78. The second kappa shape index (κ2) is 7.49. The van der Waals surface area contributed by atoms with Crippen molar-refractivity contribution in [3.8, 4) is 11.4 Å². The fourth-order valence-electron chi connectivity index (χ4n) is 4.46. The fraction of sp³-hybridized carbons (Fsp3) is 0.318. The molecule has 1 N–H and O–H groups in total. The van der Waals surface area contributed by atoms with E-state index in [1.165, 1.54) is 5.56 Å². The van der Waals surface area contributed by atoms with Crippen LogP contribution in [0.4, 0.5) is 13.2 Å². The van der Waals surface area contributed by atoms with Gasteiger partial charge in [0.05, 0.1) is 6.04 Å². The number of piperidine rings is 1. The van der Waals surface area contributed by atoms with Gasteiger partial charge in [-0.1, -0.05) is 41.6 Å². The van der Waals surface area contributed by atoms with Crippen LogP contribution in [-0.2, 0) is 12.7 Å². The number of amides is 1. The third-order valence-electron chi connectivity index (χ3n) is 5.94. The summed E-state index contributed by atoms with van der Waals surface area (Å²) in [4.78, 5) is 18.5. The minimum atomic E-state index is -4.70. The van der Waals surface area contributed by atoms with Crippen LogP contribution >= 0.6 is 0 Å². The molecule has 3 aromatic rings. The first-order valence-corrected chi connectivity index (χ1v) is 10.0. The Morgan fingerprint density at radius 1 is 1.13 bits per heavy atom. The maximum atomic E-state index is 13.2. The van der Waals surface area contributed by atoms with E-state index in [9.17, 15) is 18.0 Å². The predicted molar refractivity (Wildman–Crippen MR) is 105 cm³/mol. The summed E-state index contributed by atoms with van der Waals surface area (Å²) < 4.78 is 42.6. The Morgan fingerprint density at radius 3 is 2.68 bits per heavy atom. The van der Waals surface area contributed by atoms with Crippen LogP contribution in [0.2, 0.25) is 0 Å². The summed E-state index contributed by atoms with van der Waals surface area (Å²) in [6, 6.07) is 15.0. The van der Waals surface area contributed by atoms with Gasteiger partial charge in [0, 0.05) is 30.1 Å². The molecule has 0 unspecified atom stereocenters. The number of alkyl halides is 3. The zero-order valence-corrected chi connectivity index (χ0v) is 16.4. The van der Waals surface area contributed by atoms with Gasteiger partial charge in [0.1, 0.15) is 0 Å². The largest absolute Gasteiger partial charge is 0.471 e. The molecule has 2 atom stereocenters. The van der Waals surface area contributed by atoms with Gasteiger partial charge in [0.2, 0.25) is 5.82 Å². The minimum absolute atomic E-state index is 0.0125. The van der Waals surface area contributed by atoms with Crippen molar-refractivity contribution in [3.63, 3.8) is 0 Å². The highest BCUT2D eigenvalue weighted by Gasteiger charge is 2.40. The molecule has 1 aromatic heterocycles. The van der Waals surface area contributed by atoms with E-state index < -0.39 is 12.1 Å². The molecular formula is C22H19F3N4O2. The lowest BCUT2D eigenvalue weighted by atomic mass is 9.85. The lowest BCUT2D eigenvalue weighted by molar-refractivity contribution is -0.159. The number of nitrogens with zero attached hydrogens (tertiary/aromatic N) is 3. The van der Waals surface area contributed by atoms with Crippen LogP contribution in [-0.4, -0.2) is 40.1 Å². The van der Waals surface area contributed by atoms with Gasteiger partial charge in [-0.05, 0) is 36.2 Å². The molecule has 5 rings (SSSR count). The number of aromatic nitrogens is 2. The topological polar surface area (TPSA) is 71.3 Å². The second-order valence-electron chi connectivity index (χ2n) is 7.80. The lowest BCUT2D eigenvalue weighted by Gasteiger charge is -2.38. The Labute approximate surface area is 176 Å². The molecule has 2 aliphatic rings. The number of hydrogen-bond acceptors (Lipinski definition) is 5. The number of halogens is 3. The molecule has 1 amide bonds. The van der Waals surface area contributed by atoms with Gasteiger partial charge in [0.25, 0.3) is 5.91 Å². The minimum Gasteiger partial charge on any atom is -0.329 e. The average Bonchev–Trinajstić information content (AvgIpc) is 3.40. The van der Waals surface area contributed by atoms with Gasteiger partial charge >= 0.3 is 12.1 Å². The Hall–Kier alpha value is -3.20. The first kappa shape index (κ1) is 19.7. The molecular weight excluding hydrogens is 409 g/mol. The van der Waals surface area contributed by atoms with E-state index in [1.54, 1.807) is 18.2 Å². The molecule has 2 aliphatic heterocycles.